The molecule has 0 radical (unpaired) electrons. The molecule has 0 aliphatic carbocycles. The van der Waals surface area contributed by atoms with E-state index in [1.165, 1.54) is 0 Å². The molecule has 0 heterocycles. The van der Waals surface area contributed by atoms with Crippen LogP contribution in [-0.4, -0.2) is 76.3 Å². The lowest BCUT2D eigenvalue weighted by Crippen LogP contribution is -2.47. The Morgan fingerprint density at radius 3 is 2.21 bits per heavy atom. The highest BCUT2D eigenvalue weighted by Gasteiger charge is 2.18. The minimum Gasteiger partial charge on any atom is -0.748 e. The van der Waals surface area contributed by atoms with Crippen LogP contribution < -0.4 is 0 Å². The van der Waals surface area contributed by atoms with E-state index in [2.05, 4.69) is 0 Å². The first kappa shape index (κ1) is 18.8. The van der Waals surface area contributed by atoms with Crippen LogP contribution in [0.2, 0.25) is 0 Å². The molecule has 0 saturated heterocycles. The first-order valence-electron chi connectivity index (χ1n) is 6.75. The van der Waals surface area contributed by atoms with Crippen molar-refractivity contribution in [2.75, 3.05) is 58.9 Å². The fourth-order valence-electron chi connectivity index (χ4n) is 1.70. The summed E-state index contributed by atoms with van der Waals surface area (Å²) in [6.07, 6.45) is 0.398. The van der Waals surface area contributed by atoms with Crippen molar-refractivity contribution in [1.29, 1.82) is 0 Å². The molecule has 0 spiro atoms. The zero-order valence-corrected chi connectivity index (χ0v) is 13.1. The number of likely N-dealkylation sites (N-methyl/N-ethyl adjacent to an activating group) is 1. The molecule has 0 aliphatic rings. The summed E-state index contributed by atoms with van der Waals surface area (Å²) in [4.78, 5) is 0. The Morgan fingerprint density at radius 1 is 1.05 bits per heavy atom. The third-order valence-electron chi connectivity index (χ3n) is 3.21. The van der Waals surface area contributed by atoms with Gasteiger partial charge in [-0.15, -0.1) is 0 Å². The largest absolute Gasteiger partial charge is 0.748 e. The molecule has 0 rings (SSSR count). The molecule has 0 aliphatic heterocycles. The van der Waals surface area contributed by atoms with Crippen LogP contribution >= 0.6 is 0 Å². The molecule has 116 valence electrons. The van der Waals surface area contributed by atoms with E-state index in [0.717, 1.165) is 13.1 Å². The van der Waals surface area contributed by atoms with Gasteiger partial charge in [0, 0.05) is 18.8 Å². The molecular weight excluding hydrogens is 270 g/mol. The third-order valence-corrected chi connectivity index (χ3v) is 4.00. The first-order chi connectivity index (χ1) is 8.83. The van der Waals surface area contributed by atoms with Crippen LogP contribution in [-0.2, 0) is 19.6 Å². The highest BCUT2D eigenvalue weighted by molar-refractivity contribution is 7.85. The molecule has 0 amide bonds. The molecule has 6 nitrogen and oxygen atoms in total. The van der Waals surface area contributed by atoms with E-state index in [0.29, 0.717) is 43.9 Å². The lowest BCUT2D eigenvalue weighted by atomic mass is 10.3. The fraction of sp³-hybridized carbons (Fsp3) is 1.00. The topological polar surface area (TPSA) is 75.7 Å². The number of hydrogen-bond acceptors (Lipinski definition) is 5. The van der Waals surface area contributed by atoms with Gasteiger partial charge in [0.15, 0.2) is 0 Å². The van der Waals surface area contributed by atoms with E-state index in [9.17, 15) is 13.0 Å². The van der Waals surface area contributed by atoms with E-state index in [1.54, 1.807) is 0 Å². The summed E-state index contributed by atoms with van der Waals surface area (Å²) in [5.74, 6) is -0.286. The van der Waals surface area contributed by atoms with Gasteiger partial charge in [0.05, 0.1) is 50.1 Å². The zero-order valence-electron chi connectivity index (χ0n) is 12.3. The molecule has 0 saturated carbocycles. The maximum absolute atomic E-state index is 10.6. The SMILES string of the molecule is CCOCCOCC[N+](C)(CC)CCCS(=O)(=O)[O-]. The van der Waals surface area contributed by atoms with E-state index < -0.39 is 10.1 Å². The molecule has 0 aromatic carbocycles. The Labute approximate surface area is 117 Å². The van der Waals surface area contributed by atoms with Gasteiger partial charge in [0.2, 0.25) is 0 Å². The van der Waals surface area contributed by atoms with E-state index >= 15 is 0 Å². The Morgan fingerprint density at radius 2 is 1.68 bits per heavy atom. The molecule has 7 heteroatoms. The van der Waals surface area contributed by atoms with Crippen molar-refractivity contribution < 1.29 is 26.9 Å². The van der Waals surface area contributed by atoms with Crippen LogP contribution in [0.1, 0.15) is 20.3 Å². The number of nitrogens with zero attached hydrogens (tertiary/aromatic N) is 1. The summed E-state index contributed by atoms with van der Waals surface area (Å²) in [6, 6.07) is 0. The van der Waals surface area contributed by atoms with E-state index in [1.807, 2.05) is 20.9 Å². The molecule has 19 heavy (non-hydrogen) atoms. The van der Waals surface area contributed by atoms with Gasteiger partial charge in [-0.2, -0.15) is 0 Å². The highest BCUT2D eigenvalue weighted by Crippen LogP contribution is 2.04. The molecular formula is C12H27NO5S. The first-order valence-corrected chi connectivity index (χ1v) is 8.33. The highest BCUT2D eigenvalue weighted by atomic mass is 32.2. The second-order valence-corrected chi connectivity index (χ2v) is 6.33. The van der Waals surface area contributed by atoms with Gasteiger partial charge >= 0.3 is 0 Å². The summed E-state index contributed by atoms with van der Waals surface area (Å²) in [5.41, 5.74) is 0. The van der Waals surface area contributed by atoms with Crippen LogP contribution in [0.3, 0.4) is 0 Å². The average molecular weight is 297 g/mol. The second kappa shape index (κ2) is 9.66. The molecule has 0 aromatic heterocycles. The van der Waals surface area contributed by atoms with Crippen LogP contribution in [0, 0.1) is 0 Å². The zero-order chi connectivity index (χ0) is 14.8. The van der Waals surface area contributed by atoms with Crippen molar-refractivity contribution >= 4 is 10.1 Å². The maximum Gasteiger partial charge on any atom is 0.102 e. The Balaban J connectivity index is 3.82. The van der Waals surface area contributed by atoms with Crippen LogP contribution in [0.25, 0.3) is 0 Å². The second-order valence-electron chi connectivity index (χ2n) is 4.81. The molecule has 0 fully saturated rings. The Hall–Kier alpha value is -0.210. The van der Waals surface area contributed by atoms with Crippen molar-refractivity contribution in [2.24, 2.45) is 0 Å². The van der Waals surface area contributed by atoms with Gasteiger partial charge < -0.3 is 18.5 Å². The van der Waals surface area contributed by atoms with Crippen LogP contribution in [0.5, 0.6) is 0 Å². The summed E-state index contributed by atoms with van der Waals surface area (Å²) in [6.45, 7) is 8.83. The van der Waals surface area contributed by atoms with Gasteiger partial charge in [0.25, 0.3) is 0 Å². The van der Waals surface area contributed by atoms with Gasteiger partial charge in [-0.25, -0.2) is 8.42 Å². The molecule has 0 aromatic rings. The summed E-state index contributed by atoms with van der Waals surface area (Å²) in [7, 11) is -2.05. The Kier molecular flexibility index (Phi) is 9.55. The number of hydrogen-bond donors (Lipinski definition) is 0. The van der Waals surface area contributed by atoms with Crippen molar-refractivity contribution in [1.82, 2.24) is 0 Å². The Bertz CT molecular complexity index is 320. The van der Waals surface area contributed by atoms with Crippen molar-refractivity contribution in [3.05, 3.63) is 0 Å². The number of rotatable bonds is 12. The van der Waals surface area contributed by atoms with Crippen molar-refractivity contribution in [2.45, 2.75) is 20.3 Å². The molecule has 1 unspecified atom stereocenters. The van der Waals surface area contributed by atoms with Crippen LogP contribution in [0.15, 0.2) is 0 Å². The average Bonchev–Trinajstić information content (AvgIpc) is 2.32. The minimum atomic E-state index is -4.10. The predicted octanol–water partition coefficient (Wildman–Crippen LogP) is 0.441. The normalized spacial score (nSPS) is 15.4. The smallest absolute Gasteiger partial charge is 0.102 e. The molecule has 1 atom stereocenters. The summed E-state index contributed by atoms with van der Waals surface area (Å²) in [5, 5.41) is 0. The van der Waals surface area contributed by atoms with Gasteiger partial charge in [0.1, 0.15) is 6.54 Å². The van der Waals surface area contributed by atoms with Crippen molar-refractivity contribution in [3.63, 3.8) is 0 Å². The van der Waals surface area contributed by atoms with Crippen molar-refractivity contribution in [3.8, 4) is 0 Å². The van der Waals surface area contributed by atoms with E-state index in [-0.39, 0.29) is 5.75 Å². The third kappa shape index (κ3) is 11.3. The fourth-order valence-corrected chi connectivity index (χ4v) is 2.18. The van der Waals surface area contributed by atoms with Crippen LogP contribution in [0.4, 0.5) is 0 Å². The van der Waals surface area contributed by atoms with Gasteiger partial charge in [-0.05, 0) is 13.8 Å². The molecule has 0 bridgehead atoms. The lowest BCUT2D eigenvalue weighted by Gasteiger charge is -2.33. The number of ether oxygens (including phenoxy) is 2. The maximum atomic E-state index is 10.6. The quantitative estimate of drug-likeness (QED) is 0.297. The lowest BCUT2D eigenvalue weighted by molar-refractivity contribution is -0.908. The van der Waals surface area contributed by atoms with Gasteiger partial charge in [-0.3, -0.25) is 0 Å². The monoisotopic (exact) mass is 297 g/mol. The van der Waals surface area contributed by atoms with E-state index in [4.69, 9.17) is 9.47 Å². The number of quaternary nitrogens is 1. The molecule has 0 N–H and O–H groups in total. The summed E-state index contributed by atoms with van der Waals surface area (Å²) >= 11 is 0. The minimum absolute atomic E-state index is 0.286. The predicted molar refractivity (Wildman–Crippen MR) is 73.0 cm³/mol. The standard InChI is InChI=1S/C12H27NO5S/c1-4-13(3,7-6-12-19(14,15)16)8-9-18-11-10-17-5-2/h4-12H2,1-3H3. The summed E-state index contributed by atoms with van der Waals surface area (Å²) < 4.78 is 43.0. The van der Waals surface area contributed by atoms with Gasteiger partial charge in [-0.1, -0.05) is 0 Å².